The highest BCUT2D eigenvalue weighted by Crippen LogP contribution is 2.15. The Morgan fingerprint density at radius 1 is 1.33 bits per heavy atom. The smallest absolute Gasteiger partial charge is 0.319 e. The van der Waals surface area contributed by atoms with Crippen LogP contribution in [0.5, 0.6) is 0 Å². The molecular weight excluding hydrogens is 272 g/mol. The molecule has 1 aromatic rings. The summed E-state index contributed by atoms with van der Waals surface area (Å²) in [6.07, 6.45) is 1.14. The van der Waals surface area contributed by atoms with E-state index < -0.39 is 5.97 Å². The van der Waals surface area contributed by atoms with E-state index in [9.17, 15) is 9.59 Å². The molecule has 0 saturated heterocycles. The number of carbonyl (C=O) groups excluding carboxylic acids is 1. The molecule has 116 valence electrons. The van der Waals surface area contributed by atoms with Gasteiger partial charge in [0.25, 0.3) is 0 Å². The van der Waals surface area contributed by atoms with Crippen molar-refractivity contribution in [1.29, 1.82) is 0 Å². The number of ether oxygens (including phenoxy) is 1. The van der Waals surface area contributed by atoms with Crippen molar-refractivity contribution in [2.75, 3.05) is 19.0 Å². The highest BCUT2D eigenvalue weighted by molar-refractivity contribution is 5.90. The van der Waals surface area contributed by atoms with Gasteiger partial charge in [0.2, 0.25) is 0 Å². The van der Waals surface area contributed by atoms with Crippen LogP contribution in [0.15, 0.2) is 24.3 Å². The van der Waals surface area contributed by atoms with E-state index in [-0.39, 0.29) is 18.5 Å². The second-order valence-electron chi connectivity index (χ2n) is 4.83. The molecule has 2 amide bonds. The number of methoxy groups -OCH3 is 1. The summed E-state index contributed by atoms with van der Waals surface area (Å²) in [7, 11) is 1.63. The van der Waals surface area contributed by atoms with Gasteiger partial charge in [-0.05, 0) is 31.4 Å². The first kappa shape index (κ1) is 17.0. The van der Waals surface area contributed by atoms with Crippen LogP contribution in [0.25, 0.3) is 0 Å². The van der Waals surface area contributed by atoms with Crippen LogP contribution >= 0.6 is 0 Å². The Balaban J connectivity index is 2.52. The third-order valence-electron chi connectivity index (χ3n) is 3.01. The number of nitrogens with one attached hydrogen (secondary N) is 2. The molecule has 1 unspecified atom stereocenters. The molecule has 6 heteroatoms. The van der Waals surface area contributed by atoms with Crippen LogP contribution < -0.4 is 10.6 Å². The van der Waals surface area contributed by atoms with Gasteiger partial charge in [-0.2, -0.15) is 0 Å². The number of amides is 2. The molecule has 0 aliphatic carbocycles. The number of urea groups is 1. The lowest BCUT2D eigenvalue weighted by molar-refractivity contribution is -0.137. The Morgan fingerprint density at radius 2 is 2.05 bits per heavy atom. The number of hydrogen-bond acceptors (Lipinski definition) is 3. The van der Waals surface area contributed by atoms with E-state index in [0.29, 0.717) is 19.4 Å². The Kier molecular flexibility index (Phi) is 7.25. The molecule has 0 fully saturated rings. The summed E-state index contributed by atoms with van der Waals surface area (Å²) in [6, 6.07) is 6.98. The highest BCUT2D eigenvalue weighted by atomic mass is 16.5. The van der Waals surface area contributed by atoms with Crippen molar-refractivity contribution >= 4 is 17.7 Å². The van der Waals surface area contributed by atoms with E-state index in [0.717, 1.165) is 11.3 Å². The maximum absolute atomic E-state index is 11.9. The zero-order valence-corrected chi connectivity index (χ0v) is 12.4. The predicted octanol–water partition coefficient (Wildman–Crippen LogP) is 2.25. The lowest BCUT2D eigenvalue weighted by Crippen LogP contribution is -2.36. The fourth-order valence-corrected chi connectivity index (χ4v) is 1.87. The first-order valence-electron chi connectivity index (χ1n) is 6.89. The molecule has 0 aliphatic rings. The zero-order valence-electron chi connectivity index (χ0n) is 12.4. The molecule has 0 aliphatic heterocycles. The van der Waals surface area contributed by atoms with E-state index in [2.05, 4.69) is 10.6 Å². The largest absolute Gasteiger partial charge is 0.481 e. The molecule has 1 aromatic carbocycles. The Morgan fingerprint density at radius 3 is 2.71 bits per heavy atom. The number of hydrogen-bond donors (Lipinski definition) is 3. The van der Waals surface area contributed by atoms with Gasteiger partial charge in [0.05, 0.1) is 6.61 Å². The average molecular weight is 294 g/mol. The number of aliphatic carboxylic acids is 1. The van der Waals surface area contributed by atoms with Crippen LogP contribution in [0.4, 0.5) is 10.5 Å². The summed E-state index contributed by atoms with van der Waals surface area (Å²) in [6.45, 7) is 2.36. The van der Waals surface area contributed by atoms with E-state index in [4.69, 9.17) is 9.84 Å². The monoisotopic (exact) mass is 294 g/mol. The predicted molar refractivity (Wildman–Crippen MR) is 80.5 cm³/mol. The molecular formula is C15H22N2O4. The standard InChI is InChI=1S/C15H22N2O4/c1-11(7-8-14(18)19)16-15(20)17-13-6-4-3-5-12(13)9-10-21-2/h3-6,11H,7-10H2,1-2H3,(H,18,19)(H2,16,17,20). The molecule has 0 bridgehead atoms. The molecule has 0 spiro atoms. The normalized spacial score (nSPS) is 11.7. The van der Waals surface area contributed by atoms with Gasteiger partial charge in [0, 0.05) is 25.3 Å². The van der Waals surface area contributed by atoms with E-state index >= 15 is 0 Å². The molecule has 1 rings (SSSR count). The SMILES string of the molecule is COCCc1ccccc1NC(=O)NC(C)CCC(=O)O. The number of benzene rings is 1. The highest BCUT2D eigenvalue weighted by Gasteiger charge is 2.10. The second kappa shape index (κ2) is 8.97. The quantitative estimate of drug-likeness (QED) is 0.686. The minimum Gasteiger partial charge on any atom is -0.481 e. The summed E-state index contributed by atoms with van der Waals surface area (Å²) in [5.74, 6) is -0.867. The lowest BCUT2D eigenvalue weighted by atomic mass is 10.1. The summed E-state index contributed by atoms with van der Waals surface area (Å²) >= 11 is 0. The van der Waals surface area contributed by atoms with Crippen molar-refractivity contribution < 1.29 is 19.4 Å². The fourth-order valence-electron chi connectivity index (χ4n) is 1.87. The van der Waals surface area contributed by atoms with E-state index in [1.165, 1.54) is 0 Å². The average Bonchev–Trinajstić information content (AvgIpc) is 2.44. The molecule has 0 heterocycles. The van der Waals surface area contributed by atoms with E-state index in [1.54, 1.807) is 14.0 Å². The van der Waals surface area contributed by atoms with Gasteiger partial charge in [-0.1, -0.05) is 18.2 Å². The molecule has 21 heavy (non-hydrogen) atoms. The van der Waals surface area contributed by atoms with Gasteiger partial charge in [0.15, 0.2) is 0 Å². The minimum atomic E-state index is -0.867. The number of para-hydroxylation sites is 1. The summed E-state index contributed by atoms with van der Waals surface area (Å²) in [5.41, 5.74) is 1.73. The third-order valence-corrected chi connectivity index (χ3v) is 3.01. The molecule has 0 saturated carbocycles. The first-order valence-corrected chi connectivity index (χ1v) is 6.89. The Hall–Kier alpha value is -2.08. The van der Waals surface area contributed by atoms with Gasteiger partial charge >= 0.3 is 12.0 Å². The molecule has 0 aromatic heterocycles. The number of anilines is 1. The van der Waals surface area contributed by atoms with Crippen LogP contribution in [0, 0.1) is 0 Å². The van der Waals surface area contributed by atoms with Crippen molar-refractivity contribution in [3.05, 3.63) is 29.8 Å². The minimum absolute atomic E-state index is 0.0336. The van der Waals surface area contributed by atoms with Gasteiger partial charge < -0.3 is 20.5 Å². The second-order valence-corrected chi connectivity index (χ2v) is 4.83. The van der Waals surface area contributed by atoms with Crippen LogP contribution in [-0.4, -0.2) is 36.9 Å². The topological polar surface area (TPSA) is 87.7 Å². The summed E-state index contributed by atoms with van der Waals surface area (Å²) < 4.78 is 5.04. The number of rotatable bonds is 8. The van der Waals surface area contributed by atoms with Gasteiger partial charge in [-0.3, -0.25) is 4.79 Å². The molecule has 1 atom stereocenters. The summed E-state index contributed by atoms with van der Waals surface area (Å²) in [4.78, 5) is 22.4. The number of carboxylic acid groups (broad SMARTS) is 1. The van der Waals surface area contributed by atoms with Crippen LogP contribution in [0.2, 0.25) is 0 Å². The van der Waals surface area contributed by atoms with Crippen molar-refractivity contribution in [1.82, 2.24) is 5.32 Å². The Labute approximate surface area is 124 Å². The first-order chi connectivity index (χ1) is 10.0. The Bertz CT molecular complexity index is 476. The van der Waals surface area contributed by atoms with Crippen molar-refractivity contribution in [3.63, 3.8) is 0 Å². The van der Waals surface area contributed by atoms with Crippen LogP contribution in [0.1, 0.15) is 25.3 Å². The van der Waals surface area contributed by atoms with Crippen LogP contribution in [-0.2, 0) is 16.0 Å². The lowest BCUT2D eigenvalue weighted by Gasteiger charge is -2.15. The molecule has 3 N–H and O–H groups in total. The van der Waals surface area contributed by atoms with Crippen molar-refractivity contribution in [2.24, 2.45) is 0 Å². The maximum Gasteiger partial charge on any atom is 0.319 e. The maximum atomic E-state index is 11.9. The van der Waals surface area contributed by atoms with Crippen molar-refractivity contribution in [3.8, 4) is 0 Å². The fraction of sp³-hybridized carbons (Fsp3) is 0.467. The van der Waals surface area contributed by atoms with Crippen LogP contribution in [0.3, 0.4) is 0 Å². The third kappa shape index (κ3) is 6.76. The van der Waals surface area contributed by atoms with E-state index in [1.807, 2.05) is 24.3 Å². The molecule has 0 radical (unpaired) electrons. The van der Waals surface area contributed by atoms with Crippen molar-refractivity contribution in [2.45, 2.75) is 32.2 Å². The number of carboxylic acids is 1. The number of carbonyl (C=O) groups is 2. The summed E-state index contributed by atoms with van der Waals surface area (Å²) in [5, 5.41) is 14.1. The van der Waals surface area contributed by atoms with Gasteiger partial charge in [0.1, 0.15) is 0 Å². The zero-order chi connectivity index (χ0) is 15.7. The molecule has 6 nitrogen and oxygen atoms in total. The van der Waals surface area contributed by atoms with Gasteiger partial charge in [-0.25, -0.2) is 4.79 Å². The van der Waals surface area contributed by atoms with Gasteiger partial charge in [-0.15, -0.1) is 0 Å².